The summed E-state index contributed by atoms with van der Waals surface area (Å²) in [6.07, 6.45) is 0. The number of para-hydroxylation sites is 2. The van der Waals surface area contributed by atoms with Crippen LogP contribution < -0.4 is 5.32 Å². The summed E-state index contributed by atoms with van der Waals surface area (Å²) in [5, 5.41) is 3.49. The van der Waals surface area contributed by atoms with Crippen LogP contribution in [0.15, 0.2) is 48.5 Å². The van der Waals surface area contributed by atoms with Gasteiger partial charge in [0.05, 0.1) is 23.7 Å². The number of esters is 1. The molecule has 3 rings (SSSR count). The molecule has 0 bridgehead atoms. The fourth-order valence-corrected chi connectivity index (χ4v) is 3.00. The van der Waals surface area contributed by atoms with Crippen molar-refractivity contribution >= 4 is 34.5 Å². The highest BCUT2D eigenvalue weighted by Crippen LogP contribution is 2.21. The summed E-state index contributed by atoms with van der Waals surface area (Å²) in [5.74, 6) is -0.00129. The Balaban J connectivity index is 1.88. The Kier molecular flexibility index (Phi) is 5.76. The second-order valence-corrected chi connectivity index (χ2v) is 6.49. The number of carbonyl (C=O) groups excluding carboxylic acids is 2. The molecule has 1 unspecified atom stereocenters. The molecule has 0 fully saturated rings. The van der Waals surface area contributed by atoms with Crippen molar-refractivity contribution in [2.24, 2.45) is 0 Å². The molecule has 0 radical (unpaired) electrons. The molecule has 1 aromatic heterocycles. The molecule has 1 amide bonds. The highest BCUT2D eigenvalue weighted by Gasteiger charge is 2.20. The average molecular weight is 386 g/mol. The SMILES string of the molecule is CCOC(=O)Cn1c(C(C)NC(=O)c2ccc(Cl)cc2)nc2ccccc21. The zero-order chi connectivity index (χ0) is 19.4. The number of aromatic nitrogens is 2. The molecule has 0 saturated heterocycles. The van der Waals surface area contributed by atoms with Crippen LogP contribution in [-0.4, -0.2) is 28.0 Å². The van der Waals surface area contributed by atoms with Crippen molar-refractivity contribution in [3.63, 3.8) is 0 Å². The van der Waals surface area contributed by atoms with Crippen molar-refractivity contribution in [2.75, 3.05) is 6.61 Å². The van der Waals surface area contributed by atoms with Crippen LogP contribution in [0.2, 0.25) is 5.02 Å². The lowest BCUT2D eigenvalue weighted by atomic mass is 10.2. The molecule has 0 aliphatic heterocycles. The largest absolute Gasteiger partial charge is 0.465 e. The lowest BCUT2D eigenvalue weighted by molar-refractivity contribution is -0.143. The second-order valence-electron chi connectivity index (χ2n) is 6.05. The van der Waals surface area contributed by atoms with Gasteiger partial charge in [-0.15, -0.1) is 0 Å². The highest BCUT2D eigenvalue weighted by molar-refractivity contribution is 6.30. The molecule has 1 N–H and O–H groups in total. The molecule has 1 heterocycles. The molecule has 7 heteroatoms. The fraction of sp³-hybridized carbons (Fsp3) is 0.250. The van der Waals surface area contributed by atoms with E-state index in [9.17, 15) is 9.59 Å². The van der Waals surface area contributed by atoms with Crippen molar-refractivity contribution < 1.29 is 14.3 Å². The molecule has 1 atom stereocenters. The van der Waals surface area contributed by atoms with Gasteiger partial charge in [0.25, 0.3) is 5.91 Å². The van der Waals surface area contributed by atoms with E-state index in [1.807, 2.05) is 31.2 Å². The van der Waals surface area contributed by atoms with Gasteiger partial charge < -0.3 is 14.6 Å². The third-order valence-corrected chi connectivity index (χ3v) is 4.37. The third-order valence-electron chi connectivity index (χ3n) is 4.12. The van der Waals surface area contributed by atoms with Gasteiger partial charge >= 0.3 is 5.97 Å². The first-order valence-electron chi connectivity index (χ1n) is 8.66. The van der Waals surface area contributed by atoms with Crippen LogP contribution in [0.5, 0.6) is 0 Å². The predicted molar refractivity (Wildman–Crippen MR) is 104 cm³/mol. The summed E-state index contributed by atoms with van der Waals surface area (Å²) in [6, 6.07) is 13.8. The first-order valence-corrected chi connectivity index (χ1v) is 9.04. The maximum Gasteiger partial charge on any atom is 0.326 e. The van der Waals surface area contributed by atoms with Crippen molar-refractivity contribution in [2.45, 2.75) is 26.4 Å². The van der Waals surface area contributed by atoms with E-state index in [1.165, 1.54) is 0 Å². The van der Waals surface area contributed by atoms with E-state index in [-0.39, 0.29) is 18.4 Å². The minimum absolute atomic E-state index is 0.0326. The molecule has 140 valence electrons. The Labute approximate surface area is 162 Å². The number of ether oxygens (including phenoxy) is 1. The standard InChI is InChI=1S/C20H20ClN3O3/c1-3-27-18(25)12-24-17-7-5-4-6-16(17)23-19(24)13(2)22-20(26)14-8-10-15(21)11-9-14/h4-11,13H,3,12H2,1-2H3,(H,22,26). The third kappa shape index (κ3) is 4.28. The number of fused-ring (bicyclic) bond motifs is 1. The quantitative estimate of drug-likeness (QED) is 0.656. The van der Waals surface area contributed by atoms with Gasteiger partial charge in [0.2, 0.25) is 0 Å². The predicted octanol–water partition coefficient (Wildman–Crippen LogP) is 3.74. The number of imidazole rings is 1. The summed E-state index contributed by atoms with van der Waals surface area (Å²) in [6.45, 7) is 3.94. The number of amides is 1. The monoisotopic (exact) mass is 385 g/mol. The van der Waals surface area contributed by atoms with Crippen LogP contribution in [0.4, 0.5) is 0 Å². The molecule has 2 aromatic carbocycles. The number of hydrogen-bond donors (Lipinski definition) is 1. The molecule has 0 aliphatic rings. The maximum atomic E-state index is 12.5. The van der Waals surface area contributed by atoms with Gasteiger partial charge in [0.1, 0.15) is 12.4 Å². The van der Waals surface area contributed by atoms with E-state index >= 15 is 0 Å². The van der Waals surface area contributed by atoms with E-state index in [2.05, 4.69) is 10.3 Å². The van der Waals surface area contributed by atoms with E-state index in [0.717, 1.165) is 11.0 Å². The Morgan fingerprint density at radius 3 is 2.59 bits per heavy atom. The van der Waals surface area contributed by atoms with Crippen LogP contribution in [0.1, 0.15) is 36.1 Å². The zero-order valence-corrected chi connectivity index (χ0v) is 15.9. The minimum Gasteiger partial charge on any atom is -0.465 e. The summed E-state index contributed by atoms with van der Waals surface area (Å²) in [5.41, 5.74) is 2.07. The minimum atomic E-state index is -0.407. The van der Waals surface area contributed by atoms with Crippen LogP contribution in [-0.2, 0) is 16.1 Å². The van der Waals surface area contributed by atoms with Crippen LogP contribution >= 0.6 is 11.6 Å². The van der Waals surface area contributed by atoms with Gasteiger partial charge in [0.15, 0.2) is 0 Å². The number of rotatable bonds is 6. The lowest BCUT2D eigenvalue weighted by Crippen LogP contribution is -2.29. The second kappa shape index (κ2) is 8.22. The molecular weight excluding hydrogens is 366 g/mol. The highest BCUT2D eigenvalue weighted by atomic mass is 35.5. The lowest BCUT2D eigenvalue weighted by Gasteiger charge is -2.16. The van der Waals surface area contributed by atoms with E-state index in [4.69, 9.17) is 16.3 Å². The van der Waals surface area contributed by atoms with E-state index in [1.54, 1.807) is 35.8 Å². The van der Waals surface area contributed by atoms with E-state index < -0.39 is 6.04 Å². The van der Waals surface area contributed by atoms with Crippen LogP contribution in [0, 0.1) is 0 Å². The van der Waals surface area contributed by atoms with Crippen molar-refractivity contribution in [1.29, 1.82) is 0 Å². The van der Waals surface area contributed by atoms with Gasteiger partial charge in [-0.2, -0.15) is 0 Å². The van der Waals surface area contributed by atoms with Gasteiger partial charge in [-0.25, -0.2) is 4.98 Å². The number of nitrogens with zero attached hydrogens (tertiary/aromatic N) is 2. The number of carbonyl (C=O) groups is 2. The Morgan fingerprint density at radius 1 is 1.19 bits per heavy atom. The van der Waals surface area contributed by atoms with E-state index in [0.29, 0.717) is 23.0 Å². The number of hydrogen-bond acceptors (Lipinski definition) is 4. The van der Waals surface area contributed by atoms with Crippen molar-refractivity contribution in [1.82, 2.24) is 14.9 Å². The Morgan fingerprint density at radius 2 is 1.89 bits per heavy atom. The fourth-order valence-electron chi connectivity index (χ4n) is 2.87. The summed E-state index contributed by atoms with van der Waals surface area (Å²) in [7, 11) is 0. The smallest absolute Gasteiger partial charge is 0.326 e. The maximum absolute atomic E-state index is 12.5. The van der Waals surface area contributed by atoms with Gasteiger partial charge in [-0.05, 0) is 50.2 Å². The van der Waals surface area contributed by atoms with Crippen molar-refractivity contribution in [3.05, 3.63) is 64.9 Å². The van der Waals surface area contributed by atoms with Crippen LogP contribution in [0.3, 0.4) is 0 Å². The van der Waals surface area contributed by atoms with Gasteiger partial charge in [-0.1, -0.05) is 23.7 Å². The molecule has 6 nitrogen and oxygen atoms in total. The Hall–Kier alpha value is -2.86. The first-order chi connectivity index (χ1) is 13.0. The van der Waals surface area contributed by atoms with Gasteiger partial charge in [0, 0.05) is 10.6 Å². The first kappa shape index (κ1) is 18.9. The average Bonchev–Trinajstić information content (AvgIpc) is 3.01. The van der Waals surface area contributed by atoms with Crippen molar-refractivity contribution in [3.8, 4) is 0 Å². The Bertz CT molecular complexity index is 966. The molecule has 27 heavy (non-hydrogen) atoms. The number of halogens is 1. The normalized spacial score (nSPS) is 12.0. The molecule has 3 aromatic rings. The zero-order valence-electron chi connectivity index (χ0n) is 15.1. The summed E-state index contributed by atoms with van der Waals surface area (Å²) in [4.78, 5) is 29.1. The number of nitrogens with one attached hydrogen (secondary N) is 1. The summed E-state index contributed by atoms with van der Waals surface area (Å²) >= 11 is 5.87. The molecule has 0 aliphatic carbocycles. The topological polar surface area (TPSA) is 73.2 Å². The van der Waals surface area contributed by atoms with Crippen LogP contribution in [0.25, 0.3) is 11.0 Å². The van der Waals surface area contributed by atoms with Gasteiger partial charge in [-0.3, -0.25) is 9.59 Å². The molecule has 0 spiro atoms. The summed E-state index contributed by atoms with van der Waals surface area (Å²) < 4.78 is 6.85. The number of benzene rings is 2. The molecule has 0 saturated carbocycles. The molecular formula is C20H20ClN3O3.